The fourth-order valence-corrected chi connectivity index (χ4v) is 2.05. The van der Waals surface area contributed by atoms with Gasteiger partial charge in [-0.2, -0.15) is 13.2 Å². The highest BCUT2D eigenvalue weighted by Crippen LogP contribution is 2.31. The molecule has 0 aliphatic carbocycles. The van der Waals surface area contributed by atoms with E-state index in [9.17, 15) is 18.0 Å². The quantitative estimate of drug-likeness (QED) is 0.686. The summed E-state index contributed by atoms with van der Waals surface area (Å²) < 4.78 is 38.1. The summed E-state index contributed by atoms with van der Waals surface area (Å²) in [5.74, 6) is -0.423. The number of aryl methyl sites for hydroxylation is 1. The van der Waals surface area contributed by atoms with E-state index in [1.165, 1.54) is 0 Å². The van der Waals surface area contributed by atoms with Gasteiger partial charge in [-0.15, -0.1) is 0 Å². The van der Waals surface area contributed by atoms with Crippen molar-refractivity contribution in [2.45, 2.75) is 19.5 Å². The summed E-state index contributed by atoms with van der Waals surface area (Å²) in [7, 11) is 0. The number of hydrogen-bond donors (Lipinski definition) is 1. The molecule has 0 unspecified atom stereocenters. The molecule has 0 aliphatic rings. The molecule has 0 atom stereocenters. The van der Waals surface area contributed by atoms with Crippen LogP contribution in [0.5, 0.6) is 0 Å². The minimum absolute atomic E-state index is 0.0260. The lowest BCUT2D eigenvalue weighted by molar-refractivity contribution is -0.137. The Hall–Kier alpha value is -2.30. The second-order valence-electron chi connectivity index (χ2n) is 4.83. The third-order valence-electron chi connectivity index (χ3n) is 3.29. The van der Waals surface area contributed by atoms with Gasteiger partial charge in [0, 0.05) is 17.7 Å². The average Bonchev–Trinajstić information content (AvgIpc) is 2.40. The smallest absolute Gasteiger partial charge is 0.398 e. The number of ketones is 1. The molecule has 21 heavy (non-hydrogen) atoms. The molecule has 0 bridgehead atoms. The first-order chi connectivity index (χ1) is 9.79. The number of rotatable bonds is 3. The molecule has 0 aliphatic heterocycles. The van der Waals surface area contributed by atoms with Gasteiger partial charge in [-0.25, -0.2) is 0 Å². The molecular weight excluding hydrogens is 279 g/mol. The maximum absolute atomic E-state index is 12.7. The first-order valence-electron chi connectivity index (χ1n) is 6.33. The molecular formula is C16H14F3NO. The first-order valence-corrected chi connectivity index (χ1v) is 6.33. The lowest BCUT2D eigenvalue weighted by Gasteiger charge is -2.11. The Balaban J connectivity index is 2.33. The summed E-state index contributed by atoms with van der Waals surface area (Å²) in [5, 5.41) is 0. The maximum Gasteiger partial charge on any atom is 0.416 e. The van der Waals surface area contributed by atoms with E-state index in [1.54, 1.807) is 12.1 Å². The normalized spacial score (nSPS) is 11.4. The molecule has 0 saturated carbocycles. The maximum atomic E-state index is 12.7. The Morgan fingerprint density at radius 1 is 1.14 bits per heavy atom. The minimum atomic E-state index is -4.49. The summed E-state index contributed by atoms with van der Waals surface area (Å²) in [4.78, 5) is 12.2. The number of alkyl halides is 3. The second-order valence-corrected chi connectivity index (χ2v) is 4.83. The van der Waals surface area contributed by atoms with Crippen LogP contribution in [0, 0.1) is 6.92 Å². The molecule has 0 heterocycles. The number of nitrogens with two attached hydrogens (primary N) is 1. The third-order valence-corrected chi connectivity index (χ3v) is 3.29. The number of benzene rings is 2. The number of carbonyl (C=O) groups excluding carboxylic acids is 1. The second kappa shape index (κ2) is 5.60. The SMILES string of the molecule is Cc1ccccc1CC(=O)c1cc(C(F)(F)F)ccc1N. The fourth-order valence-electron chi connectivity index (χ4n) is 2.05. The monoisotopic (exact) mass is 293 g/mol. The molecule has 0 spiro atoms. The summed E-state index contributed by atoms with van der Waals surface area (Å²) in [5.41, 5.74) is 6.42. The van der Waals surface area contributed by atoms with Crippen molar-refractivity contribution in [2.24, 2.45) is 0 Å². The van der Waals surface area contributed by atoms with Crippen LogP contribution in [-0.4, -0.2) is 5.78 Å². The van der Waals surface area contributed by atoms with Crippen molar-refractivity contribution in [1.82, 2.24) is 0 Å². The van der Waals surface area contributed by atoms with E-state index in [4.69, 9.17) is 5.73 Å². The Bertz CT molecular complexity index is 677. The molecule has 110 valence electrons. The number of hydrogen-bond acceptors (Lipinski definition) is 2. The molecule has 2 nitrogen and oxygen atoms in total. The van der Waals surface area contributed by atoms with Crippen LogP contribution in [0.1, 0.15) is 27.0 Å². The highest BCUT2D eigenvalue weighted by atomic mass is 19.4. The first kappa shape index (κ1) is 15.1. The molecule has 0 fully saturated rings. The predicted molar refractivity (Wildman–Crippen MR) is 75.1 cm³/mol. The highest BCUT2D eigenvalue weighted by Gasteiger charge is 2.31. The van der Waals surface area contributed by atoms with Crippen LogP contribution < -0.4 is 5.73 Å². The topological polar surface area (TPSA) is 43.1 Å². The van der Waals surface area contributed by atoms with E-state index < -0.39 is 17.5 Å². The van der Waals surface area contributed by atoms with Crippen LogP contribution >= 0.6 is 0 Å². The molecule has 0 radical (unpaired) electrons. The zero-order valence-corrected chi connectivity index (χ0v) is 11.4. The lowest BCUT2D eigenvalue weighted by Crippen LogP contribution is -2.12. The number of Topliss-reactive ketones (excluding diaryl/α,β-unsaturated/α-hetero) is 1. The average molecular weight is 293 g/mol. The van der Waals surface area contributed by atoms with Crippen molar-refractivity contribution < 1.29 is 18.0 Å². The van der Waals surface area contributed by atoms with E-state index in [2.05, 4.69) is 0 Å². The zero-order valence-electron chi connectivity index (χ0n) is 11.4. The fraction of sp³-hybridized carbons (Fsp3) is 0.188. The minimum Gasteiger partial charge on any atom is -0.398 e. The number of carbonyl (C=O) groups is 1. The molecule has 0 saturated heterocycles. The van der Waals surface area contributed by atoms with Crippen LogP contribution in [0.15, 0.2) is 42.5 Å². The predicted octanol–water partition coefficient (Wildman–Crippen LogP) is 4.02. The van der Waals surface area contributed by atoms with Crippen LogP contribution in [0.4, 0.5) is 18.9 Å². The van der Waals surface area contributed by atoms with E-state index in [1.807, 2.05) is 19.1 Å². The van der Waals surface area contributed by atoms with Crippen molar-refractivity contribution in [3.05, 3.63) is 64.7 Å². The lowest BCUT2D eigenvalue weighted by atomic mass is 9.97. The summed E-state index contributed by atoms with van der Waals surface area (Å²) in [6.07, 6.45) is -4.47. The van der Waals surface area contributed by atoms with Gasteiger partial charge in [0.25, 0.3) is 0 Å². The van der Waals surface area contributed by atoms with Crippen LogP contribution in [0.2, 0.25) is 0 Å². The molecule has 0 amide bonds. The van der Waals surface area contributed by atoms with Gasteiger partial charge in [0.2, 0.25) is 0 Å². The van der Waals surface area contributed by atoms with E-state index >= 15 is 0 Å². The highest BCUT2D eigenvalue weighted by molar-refractivity contribution is 6.02. The van der Waals surface area contributed by atoms with Crippen molar-refractivity contribution in [1.29, 1.82) is 0 Å². The van der Waals surface area contributed by atoms with Crippen LogP contribution in [0.3, 0.4) is 0 Å². The van der Waals surface area contributed by atoms with E-state index in [-0.39, 0.29) is 17.7 Å². The Kier molecular flexibility index (Phi) is 4.02. The number of halogens is 3. The van der Waals surface area contributed by atoms with Gasteiger partial charge in [0.1, 0.15) is 0 Å². The van der Waals surface area contributed by atoms with Crippen molar-refractivity contribution in [3.63, 3.8) is 0 Å². The van der Waals surface area contributed by atoms with Gasteiger partial charge in [-0.1, -0.05) is 24.3 Å². The van der Waals surface area contributed by atoms with Gasteiger partial charge in [0.05, 0.1) is 5.56 Å². The molecule has 0 aromatic heterocycles. The van der Waals surface area contributed by atoms with Crippen molar-refractivity contribution in [2.75, 3.05) is 5.73 Å². The Morgan fingerprint density at radius 2 is 1.81 bits per heavy atom. The zero-order chi connectivity index (χ0) is 15.6. The summed E-state index contributed by atoms with van der Waals surface area (Å²) >= 11 is 0. The van der Waals surface area contributed by atoms with Gasteiger partial charge >= 0.3 is 6.18 Å². The van der Waals surface area contributed by atoms with Gasteiger partial charge < -0.3 is 5.73 Å². The van der Waals surface area contributed by atoms with Crippen LogP contribution in [-0.2, 0) is 12.6 Å². The van der Waals surface area contributed by atoms with Crippen molar-refractivity contribution in [3.8, 4) is 0 Å². The third kappa shape index (κ3) is 3.42. The number of nitrogen functional groups attached to an aromatic ring is 1. The largest absolute Gasteiger partial charge is 0.416 e. The van der Waals surface area contributed by atoms with Gasteiger partial charge in [0.15, 0.2) is 5.78 Å². The van der Waals surface area contributed by atoms with Crippen molar-refractivity contribution >= 4 is 11.5 Å². The van der Waals surface area contributed by atoms with Gasteiger partial charge in [-0.3, -0.25) is 4.79 Å². The Morgan fingerprint density at radius 3 is 2.43 bits per heavy atom. The molecule has 2 aromatic rings. The van der Waals surface area contributed by atoms with E-state index in [0.717, 1.165) is 29.3 Å². The molecule has 2 N–H and O–H groups in total. The molecule has 5 heteroatoms. The van der Waals surface area contributed by atoms with E-state index in [0.29, 0.717) is 0 Å². The van der Waals surface area contributed by atoms with Gasteiger partial charge in [-0.05, 0) is 36.2 Å². The Labute approximate surface area is 120 Å². The summed E-state index contributed by atoms with van der Waals surface area (Å²) in [6.45, 7) is 1.85. The molecule has 2 rings (SSSR count). The molecule has 2 aromatic carbocycles. The number of anilines is 1. The summed E-state index contributed by atoms with van der Waals surface area (Å²) in [6, 6.07) is 10.0. The standard InChI is InChI=1S/C16H14F3NO/c1-10-4-2-3-5-11(10)8-15(21)13-9-12(16(17,18)19)6-7-14(13)20/h2-7,9H,8,20H2,1H3. The van der Waals surface area contributed by atoms with Crippen LogP contribution in [0.25, 0.3) is 0 Å².